The number of aromatic nitrogens is 1. The maximum Gasteiger partial charge on any atom is 0.317 e. The Morgan fingerprint density at radius 2 is 1.83 bits per heavy atom. The predicted octanol–water partition coefficient (Wildman–Crippen LogP) is 2.94. The number of rotatable bonds is 4. The lowest BCUT2D eigenvalue weighted by atomic mass is 9.98. The van der Waals surface area contributed by atoms with Crippen molar-refractivity contribution in [2.24, 2.45) is 0 Å². The first-order valence-electron chi connectivity index (χ1n) is 9.91. The molecule has 0 aliphatic carbocycles. The van der Waals surface area contributed by atoms with Crippen LogP contribution in [0, 0.1) is 0 Å². The summed E-state index contributed by atoms with van der Waals surface area (Å²) in [5.41, 5.74) is 4.52. The van der Waals surface area contributed by atoms with Gasteiger partial charge in [-0.1, -0.05) is 42.5 Å². The molecule has 150 valence electrons. The Morgan fingerprint density at radius 1 is 1.10 bits per heavy atom. The van der Waals surface area contributed by atoms with E-state index in [-0.39, 0.29) is 11.9 Å². The van der Waals surface area contributed by atoms with E-state index in [1.54, 1.807) is 14.1 Å². The first kappa shape index (κ1) is 19.1. The zero-order valence-corrected chi connectivity index (χ0v) is 16.8. The number of nitrogens with zero attached hydrogens (tertiary/aromatic N) is 2. The molecule has 1 aliphatic rings. The molecule has 6 nitrogen and oxygen atoms in total. The number of carbonyl (C=O) groups excluding carboxylic acids is 2. The highest BCUT2D eigenvalue weighted by molar-refractivity contribution is 5.89. The normalized spacial score (nSPS) is 14.3. The molecule has 0 bridgehead atoms. The van der Waals surface area contributed by atoms with Crippen molar-refractivity contribution in [3.05, 3.63) is 71.4 Å². The first-order valence-corrected chi connectivity index (χ1v) is 9.91. The minimum atomic E-state index is -0.616. The van der Waals surface area contributed by atoms with E-state index in [2.05, 4.69) is 22.4 Å². The van der Waals surface area contributed by atoms with E-state index in [1.807, 2.05) is 47.5 Å². The molecule has 4 rings (SSSR count). The van der Waals surface area contributed by atoms with Gasteiger partial charge in [-0.15, -0.1) is 0 Å². The number of para-hydroxylation sites is 1. The molecule has 3 aromatic rings. The quantitative estimate of drug-likeness (QED) is 0.719. The molecular formula is C23H26N4O2. The van der Waals surface area contributed by atoms with E-state index in [1.165, 1.54) is 16.0 Å². The summed E-state index contributed by atoms with van der Waals surface area (Å²) in [4.78, 5) is 32.3. The molecule has 0 spiro atoms. The average Bonchev–Trinajstić information content (AvgIpc) is 3.15. The van der Waals surface area contributed by atoms with Gasteiger partial charge in [0.2, 0.25) is 5.91 Å². The van der Waals surface area contributed by atoms with Crippen LogP contribution in [0.15, 0.2) is 54.7 Å². The molecule has 2 heterocycles. The third-order valence-corrected chi connectivity index (χ3v) is 5.54. The van der Waals surface area contributed by atoms with E-state index in [4.69, 9.17) is 0 Å². The molecule has 0 saturated heterocycles. The van der Waals surface area contributed by atoms with Crippen LogP contribution in [0.25, 0.3) is 10.9 Å². The van der Waals surface area contributed by atoms with Crippen molar-refractivity contribution >= 4 is 22.8 Å². The number of H-pyrrole nitrogens is 1. The number of urea groups is 1. The van der Waals surface area contributed by atoms with Crippen molar-refractivity contribution in [2.45, 2.75) is 25.4 Å². The molecule has 3 amide bonds. The van der Waals surface area contributed by atoms with Crippen LogP contribution < -0.4 is 5.32 Å². The van der Waals surface area contributed by atoms with Gasteiger partial charge in [0.1, 0.15) is 6.04 Å². The number of aromatic amines is 1. The summed E-state index contributed by atoms with van der Waals surface area (Å²) in [7, 11) is 3.36. The van der Waals surface area contributed by atoms with Crippen molar-refractivity contribution in [2.75, 3.05) is 20.6 Å². The van der Waals surface area contributed by atoms with Crippen molar-refractivity contribution in [1.82, 2.24) is 20.1 Å². The number of benzene rings is 2. The highest BCUT2D eigenvalue weighted by atomic mass is 16.2. The van der Waals surface area contributed by atoms with E-state index in [0.717, 1.165) is 22.9 Å². The van der Waals surface area contributed by atoms with Gasteiger partial charge in [0, 0.05) is 50.7 Å². The fourth-order valence-electron chi connectivity index (χ4n) is 3.90. The van der Waals surface area contributed by atoms with Gasteiger partial charge in [-0.3, -0.25) is 4.79 Å². The summed E-state index contributed by atoms with van der Waals surface area (Å²) in [5, 5.41) is 4.00. The topological polar surface area (TPSA) is 68.4 Å². The van der Waals surface area contributed by atoms with Crippen molar-refractivity contribution in [3.63, 3.8) is 0 Å². The number of fused-ring (bicyclic) bond motifs is 2. The van der Waals surface area contributed by atoms with E-state index < -0.39 is 6.04 Å². The van der Waals surface area contributed by atoms with Crippen LogP contribution in [0.1, 0.15) is 16.7 Å². The minimum absolute atomic E-state index is 0.0417. The van der Waals surface area contributed by atoms with Gasteiger partial charge in [-0.2, -0.15) is 0 Å². The highest BCUT2D eigenvalue weighted by Crippen LogP contribution is 2.22. The van der Waals surface area contributed by atoms with Crippen molar-refractivity contribution in [3.8, 4) is 0 Å². The van der Waals surface area contributed by atoms with Crippen LogP contribution in [0.2, 0.25) is 0 Å². The average molecular weight is 390 g/mol. The Kier molecular flexibility index (Phi) is 5.25. The summed E-state index contributed by atoms with van der Waals surface area (Å²) in [6, 6.07) is 15.4. The smallest absolute Gasteiger partial charge is 0.317 e. The van der Waals surface area contributed by atoms with Gasteiger partial charge in [-0.05, 0) is 29.2 Å². The fourth-order valence-corrected chi connectivity index (χ4v) is 3.90. The second-order valence-electron chi connectivity index (χ2n) is 7.74. The summed E-state index contributed by atoms with van der Waals surface area (Å²) < 4.78 is 0. The zero-order chi connectivity index (χ0) is 20.4. The standard InChI is InChI=1S/C23H26N4O2/c1-26(2)23(29)25-21(13-18-14-24-20-10-6-5-9-19(18)20)22(28)27-12-11-16-7-3-4-8-17(16)15-27/h3-10,14,21,24H,11-13,15H2,1-2H3,(H,25,29)/t21-/m0/s1. The van der Waals surface area contributed by atoms with E-state index in [0.29, 0.717) is 19.5 Å². The molecule has 0 saturated carbocycles. The Balaban J connectivity index is 1.58. The lowest BCUT2D eigenvalue weighted by Crippen LogP contribution is -2.52. The van der Waals surface area contributed by atoms with Crippen LogP contribution >= 0.6 is 0 Å². The summed E-state index contributed by atoms with van der Waals surface area (Å²) >= 11 is 0. The highest BCUT2D eigenvalue weighted by Gasteiger charge is 2.29. The second-order valence-corrected chi connectivity index (χ2v) is 7.74. The summed E-state index contributed by atoms with van der Waals surface area (Å²) in [6.07, 6.45) is 3.21. The second kappa shape index (κ2) is 7.99. The number of amides is 3. The molecule has 1 aromatic heterocycles. The minimum Gasteiger partial charge on any atom is -0.361 e. The maximum absolute atomic E-state index is 13.4. The monoisotopic (exact) mass is 390 g/mol. The third kappa shape index (κ3) is 3.97. The van der Waals surface area contributed by atoms with Crippen LogP contribution in [-0.4, -0.2) is 53.4 Å². The Hall–Kier alpha value is -3.28. The molecule has 0 unspecified atom stereocenters. The van der Waals surface area contributed by atoms with E-state index in [9.17, 15) is 9.59 Å². The summed E-state index contributed by atoms with van der Waals surface area (Å²) in [6.45, 7) is 1.25. The molecule has 2 N–H and O–H groups in total. The van der Waals surface area contributed by atoms with Crippen molar-refractivity contribution in [1.29, 1.82) is 0 Å². The molecule has 29 heavy (non-hydrogen) atoms. The van der Waals surface area contributed by atoms with Crippen LogP contribution in [0.3, 0.4) is 0 Å². The molecule has 1 aliphatic heterocycles. The fraction of sp³-hybridized carbons (Fsp3) is 0.304. The van der Waals surface area contributed by atoms with E-state index >= 15 is 0 Å². The van der Waals surface area contributed by atoms with Crippen LogP contribution in [-0.2, 0) is 24.2 Å². The first-order chi connectivity index (χ1) is 14.0. The van der Waals surface area contributed by atoms with Crippen molar-refractivity contribution < 1.29 is 9.59 Å². The van der Waals surface area contributed by atoms with Gasteiger partial charge < -0.3 is 20.1 Å². The SMILES string of the molecule is CN(C)C(=O)N[C@@H](Cc1c[nH]c2ccccc12)C(=O)N1CCc2ccccc2C1. The molecule has 0 radical (unpaired) electrons. The number of carbonyl (C=O) groups is 2. The number of nitrogens with one attached hydrogen (secondary N) is 2. The predicted molar refractivity (Wildman–Crippen MR) is 114 cm³/mol. The molecule has 6 heteroatoms. The lowest BCUT2D eigenvalue weighted by molar-refractivity contribution is -0.134. The van der Waals surface area contributed by atoms with Gasteiger partial charge >= 0.3 is 6.03 Å². The molecule has 2 aromatic carbocycles. The summed E-state index contributed by atoms with van der Waals surface area (Å²) in [5.74, 6) is -0.0417. The van der Waals surface area contributed by atoms with Gasteiger partial charge in [0.25, 0.3) is 0 Å². The Labute approximate surface area is 170 Å². The maximum atomic E-state index is 13.4. The number of hydrogen-bond acceptors (Lipinski definition) is 2. The number of hydrogen-bond donors (Lipinski definition) is 2. The van der Waals surface area contributed by atoms with Crippen LogP contribution in [0.5, 0.6) is 0 Å². The zero-order valence-electron chi connectivity index (χ0n) is 16.8. The van der Waals surface area contributed by atoms with Gasteiger partial charge in [0.05, 0.1) is 0 Å². The Bertz CT molecular complexity index is 1040. The van der Waals surface area contributed by atoms with Crippen LogP contribution in [0.4, 0.5) is 4.79 Å². The van der Waals surface area contributed by atoms with Gasteiger partial charge in [0.15, 0.2) is 0 Å². The lowest BCUT2D eigenvalue weighted by Gasteiger charge is -2.32. The molecule has 0 fully saturated rings. The molecule has 1 atom stereocenters. The largest absolute Gasteiger partial charge is 0.361 e. The Morgan fingerprint density at radius 3 is 2.62 bits per heavy atom. The molecular weight excluding hydrogens is 364 g/mol. The third-order valence-electron chi connectivity index (χ3n) is 5.54. The van der Waals surface area contributed by atoms with Gasteiger partial charge in [-0.25, -0.2) is 4.79 Å².